The quantitative estimate of drug-likeness (QED) is 0.736. The summed E-state index contributed by atoms with van der Waals surface area (Å²) in [5.41, 5.74) is 0.863. The molecule has 1 fully saturated rings. The molecule has 2 aliphatic rings. The number of hydrogen-bond donors (Lipinski definition) is 0. The van der Waals surface area contributed by atoms with Crippen LogP contribution in [0.5, 0.6) is 0 Å². The highest BCUT2D eigenvalue weighted by Gasteiger charge is 2.18. The van der Waals surface area contributed by atoms with Crippen molar-refractivity contribution in [3.63, 3.8) is 0 Å². The number of Topliss-reactive ketones (excluding diaryl/α,β-unsaturated/α-hetero) is 1. The molecule has 90 valence electrons. The van der Waals surface area contributed by atoms with Gasteiger partial charge >= 0.3 is 0 Å². The number of allylic oxidation sites excluding steroid dienone is 1. The molecule has 0 aromatic carbocycles. The Balaban J connectivity index is 1.72. The van der Waals surface area contributed by atoms with Gasteiger partial charge in [0.05, 0.1) is 19.0 Å². The van der Waals surface area contributed by atoms with E-state index in [1.807, 2.05) is 0 Å². The fraction of sp³-hybridized carbons (Fsp3) is 0.769. The second-order valence-electron chi connectivity index (χ2n) is 4.57. The van der Waals surface area contributed by atoms with Crippen LogP contribution in [0.2, 0.25) is 0 Å². The first-order valence-corrected chi connectivity index (χ1v) is 6.32. The molecular weight excluding hydrogens is 204 g/mol. The Kier molecular flexibility index (Phi) is 4.40. The van der Waals surface area contributed by atoms with E-state index in [-0.39, 0.29) is 5.78 Å². The van der Waals surface area contributed by atoms with Crippen molar-refractivity contribution in [3.8, 4) is 0 Å². The Bertz CT molecular complexity index is 264. The molecule has 0 radical (unpaired) electrons. The van der Waals surface area contributed by atoms with Crippen LogP contribution >= 0.6 is 0 Å². The van der Waals surface area contributed by atoms with Gasteiger partial charge in [0.2, 0.25) is 0 Å². The van der Waals surface area contributed by atoms with E-state index in [0.29, 0.717) is 12.5 Å². The summed E-state index contributed by atoms with van der Waals surface area (Å²) in [5, 5.41) is 0. The third-order valence-corrected chi connectivity index (χ3v) is 3.26. The molecule has 0 aromatic heterocycles. The topological polar surface area (TPSA) is 35.5 Å². The van der Waals surface area contributed by atoms with Gasteiger partial charge in [0.25, 0.3) is 0 Å². The van der Waals surface area contributed by atoms with Gasteiger partial charge in [-0.2, -0.15) is 0 Å². The Labute approximate surface area is 96.8 Å². The van der Waals surface area contributed by atoms with Crippen molar-refractivity contribution in [1.82, 2.24) is 0 Å². The van der Waals surface area contributed by atoms with Gasteiger partial charge in [0, 0.05) is 18.6 Å². The third-order valence-electron chi connectivity index (χ3n) is 3.26. The third kappa shape index (κ3) is 3.34. The van der Waals surface area contributed by atoms with Crippen LogP contribution in [0.3, 0.4) is 0 Å². The Morgan fingerprint density at radius 1 is 1.31 bits per heavy atom. The molecule has 16 heavy (non-hydrogen) atoms. The van der Waals surface area contributed by atoms with Crippen LogP contribution < -0.4 is 0 Å². The number of hydrogen-bond acceptors (Lipinski definition) is 3. The predicted molar refractivity (Wildman–Crippen MR) is 61.1 cm³/mol. The minimum Gasteiger partial charge on any atom is -0.501 e. The molecule has 3 nitrogen and oxygen atoms in total. The molecule has 1 unspecified atom stereocenters. The molecule has 1 saturated heterocycles. The van der Waals surface area contributed by atoms with Crippen LogP contribution in [-0.4, -0.2) is 25.1 Å². The summed E-state index contributed by atoms with van der Waals surface area (Å²) in [6.07, 6.45) is 8.81. The van der Waals surface area contributed by atoms with Gasteiger partial charge in [-0.15, -0.1) is 0 Å². The van der Waals surface area contributed by atoms with E-state index in [1.54, 1.807) is 6.26 Å². The lowest BCUT2D eigenvalue weighted by Gasteiger charge is -2.22. The molecule has 2 aliphatic heterocycles. The summed E-state index contributed by atoms with van der Waals surface area (Å²) >= 11 is 0. The van der Waals surface area contributed by atoms with Gasteiger partial charge in [-0.25, -0.2) is 0 Å². The first-order valence-electron chi connectivity index (χ1n) is 6.32. The highest BCUT2D eigenvalue weighted by molar-refractivity contribution is 5.95. The lowest BCUT2D eigenvalue weighted by atomic mass is 9.98. The average Bonchev–Trinajstić information content (AvgIpc) is 2.38. The van der Waals surface area contributed by atoms with Gasteiger partial charge in [-0.05, 0) is 38.5 Å². The maximum Gasteiger partial charge on any atom is 0.162 e. The number of ether oxygens (including phenoxy) is 2. The number of carbonyl (C=O) groups is 1. The van der Waals surface area contributed by atoms with E-state index in [1.165, 1.54) is 12.8 Å². The Morgan fingerprint density at radius 2 is 2.25 bits per heavy atom. The van der Waals surface area contributed by atoms with Crippen molar-refractivity contribution in [1.29, 1.82) is 0 Å². The summed E-state index contributed by atoms with van der Waals surface area (Å²) < 4.78 is 10.8. The Hall–Kier alpha value is -0.830. The van der Waals surface area contributed by atoms with Crippen molar-refractivity contribution in [3.05, 3.63) is 11.8 Å². The minimum absolute atomic E-state index is 0.244. The lowest BCUT2D eigenvalue weighted by molar-refractivity contribution is -0.117. The van der Waals surface area contributed by atoms with Crippen LogP contribution in [0.1, 0.15) is 44.9 Å². The summed E-state index contributed by atoms with van der Waals surface area (Å²) in [6, 6.07) is 0. The van der Waals surface area contributed by atoms with Crippen LogP contribution in [-0.2, 0) is 14.3 Å². The summed E-state index contributed by atoms with van der Waals surface area (Å²) in [4.78, 5) is 11.8. The molecule has 1 atom stereocenters. The molecule has 0 bridgehead atoms. The maximum absolute atomic E-state index is 11.8. The van der Waals surface area contributed by atoms with E-state index in [9.17, 15) is 4.79 Å². The van der Waals surface area contributed by atoms with Gasteiger partial charge in [-0.3, -0.25) is 4.79 Å². The van der Waals surface area contributed by atoms with Gasteiger partial charge in [0.15, 0.2) is 5.78 Å². The van der Waals surface area contributed by atoms with Crippen molar-refractivity contribution in [2.24, 2.45) is 0 Å². The molecular formula is C13H20O3. The zero-order valence-corrected chi connectivity index (χ0v) is 9.74. The average molecular weight is 224 g/mol. The van der Waals surface area contributed by atoms with Crippen LogP contribution in [0.15, 0.2) is 11.8 Å². The largest absolute Gasteiger partial charge is 0.501 e. The standard InChI is InChI=1S/C13H20O3/c14-13(11-4-3-8-15-10-11)7-6-12-5-1-2-9-16-12/h10,12H,1-9H2. The van der Waals surface area contributed by atoms with E-state index in [4.69, 9.17) is 9.47 Å². The molecule has 0 spiro atoms. The second kappa shape index (κ2) is 6.04. The van der Waals surface area contributed by atoms with Crippen LogP contribution in [0.4, 0.5) is 0 Å². The van der Waals surface area contributed by atoms with E-state index in [0.717, 1.165) is 44.5 Å². The van der Waals surface area contributed by atoms with E-state index in [2.05, 4.69) is 0 Å². The molecule has 0 saturated carbocycles. The molecule has 0 aromatic rings. The maximum atomic E-state index is 11.8. The smallest absolute Gasteiger partial charge is 0.162 e. The normalized spacial score (nSPS) is 25.8. The van der Waals surface area contributed by atoms with Gasteiger partial charge in [-0.1, -0.05) is 0 Å². The lowest BCUT2D eigenvalue weighted by Crippen LogP contribution is -2.20. The van der Waals surface area contributed by atoms with Crippen molar-refractivity contribution < 1.29 is 14.3 Å². The van der Waals surface area contributed by atoms with E-state index < -0.39 is 0 Å². The fourth-order valence-electron chi connectivity index (χ4n) is 2.26. The molecule has 3 heteroatoms. The Morgan fingerprint density at radius 3 is 2.94 bits per heavy atom. The highest BCUT2D eigenvalue weighted by atomic mass is 16.5. The first-order chi connectivity index (χ1) is 7.86. The van der Waals surface area contributed by atoms with Crippen LogP contribution in [0, 0.1) is 0 Å². The number of carbonyl (C=O) groups excluding carboxylic acids is 1. The monoisotopic (exact) mass is 224 g/mol. The van der Waals surface area contributed by atoms with E-state index >= 15 is 0 Å². The minimum atomic E-state index is 0.244. The molecule has 0 aliphatic carbocycles. The zero-order valence-electron chi connectivity index (χ0n) is 9.74. The fourth-order valence-corrected chi connectivity index (χ4v) is 2.26. The van der Waals surface area contributed by atoms with Gasteiger partial charge < -0.3 is 9.47 Å². The predicted octanol–water partition coefficient (Wildman–Crippen LogP) is 2.60. The molecule has 0 amide bonds. The second-order valence-corrected chi connectivity index (χ2v) is 4.57. The SMILES string of the molecule is O=C(CCC1CCCCO1)C1=COCCC1. The highest BCUT2D eigenvalue weighted by Crippen LogP contribution is 2.20. The van der Waals surface area contributed by atoms with Crippen molar-refractivity contribution in [2.45, 2.75) is 51.0 Å². The molecule has 2 heterocycles. The zero-order chi connectivity index (χ0) is 11.2. The summed E-state index contributed by atoms with van der Waals surface area (Å²) in [7, 11) is 0. The number of ketones is 1. The van der Waals surface area contributed by atoms with Crippen molar-refractivity contribution in [2.75, 3.05) is 13.2 Å². The first kappa shape index (κ1) is 11.6. The summed E-state index contributed by atoms with van der Waals surface area (Å²) in [6.45, 7) is 1.62. The molecule has 0 N–H and O–H groups in total. The van der Waals surface area contributed by atoms with Gasteiger partial charge in [0.1, 0.15) is 0 Å². The van der Waals surface area contributed by atoms with Crippen molar-refractivity contribution >= 4 is 5.78 Å². The summed E-state index contributed by atoms with van der Waals surface area (Å²) in [5.74, 6) is 0.244. The molecule has 2 rings (SSSR count). The van der Waals surface area contributed by atoms with Crippen LogP contribution in [0.25, 0.3) is 0 Å². The number of rotatable bonds is 4.